The van der Waals surface area contributed by atoms with Crippen LogP contribution in [0.5, 0.6) is 0 Å². The first-order valence-corrected chi connectivity index (χ1v) is 6.13. The van der Waals surface area contributed by atoms with Gasteiger partial charge in [-0.05, 0) is 18.6 Å². The average molecular weight is 250 g/mol. The topological polar surface area (TPSA) is 64.7 Å². The third kappa shape index (κ3) is 2.18. The molecular weight excluding hydrogens is 236 g/mol. The lowest BCUT2D eigenvalue weighted by molar-refractivity contribution is 0.781. The molecule has 0 aliphatic rings. The molecule has 1 unspecified atom stereocenters. The van der Waals surface area contributed by atoms with Gasteiger partial charge in [-0.3, -0.25) is 4.98 Å². The molecule has 94 valence electrons. The molecule has 3 aromatic rings. The number of pyridine rings is 1. The number of para-hydroxylation sites is 1. The van der Waals surface area contributed by atoms with Gasteiger partial charge in [-0.25, -0.2) is 9.97 Å². The van der Waals surface area contributed by atoms with Gasteiger partial charge < -0.3 is 5.73 Å². The zero-order chi connectivity index (χ0) is 13.2. The monoisotopic (exact) mass is 250 g/mol. The summed E-state index contributed by atoms with van der Waals surface area (Å²) in [6.07, 6.45) is 5.33. The fraction of sp³-hybridized carbons (Fsp3) is 0.133. The second-order valence-corrected chi connectivity index (χ2v) is 4.52. The van der Waals surface area contributed by atoms with Crippen LogP contribution in [0.15, 0.2) is 48.9 Å². The minimum atomic E-state index is -0.362. The van der Waals surface area contributed by atoms with E-state index in [-0.39, 0.29) is 6.04 Å². The zero-order valence-corrected chi connectivity index (χ0v) is 10.6. The second-order valence-electron chi connectivity index (χ2n) is 4.52. The van der Waals surface area contributed by atoms with E-state index >= 15 is 0 Å². The Kier molecular flexibility index (Phi) is 2.93. The van der Waals surface area contributed by atoms with E-state index in [4.69, 9.17) is 5.73 Å². The van der Waals surface area contributed by atoms with Crippen LogP contribution in [0.2, 0.25) is 0 Å². The van der Waals surface area contributed by atoms with E-state index in [2.05, 4.69) is 15.0 Å². The van der Waals surface area contributed by atoms with E-state index in [1.165, 1.54) is 0 Å². The van der Waals surface area contributed by atoms with Gasteiger partial charge in [0, 0.05) is 29.5 Å². The molecule has 0 saturated carbocycles. The molecule has 0 spiro atoms. The van der Waals surface area contributed by atoms with Crippen LogP contribution in [0.25, 0.3) is 10.9 Å². The normalized spacial score (nSPS) is 12.5. The summed E-state index contributed by atoms with van der Waals surface area (Å²) in [4.78, 5) is 13.0. The number of aromatic nitrogens is 3. The number of nitrogens with zero attached hydrogens (tertiary/aromatic N) is 3. The summed E-state index contributed by atoms with van der Waals surface area (Å²) in [7, 11) is 0. The van der Waals surface area contributed by atoms with Crippen LogP contribution in [0.4, 0.5) is 0 Å². The Morgan fingerprint density at radius 1 is 1.00 bits per heavy atom. The Morgan fingerprint density at radius 3 is 2.53 bits per heavy atom. The van der Waals surface area contributed by atoms with Gasteiger partial charge in [0.1, 0.15) is 5.82 Å². The van der Waals surface area contributed by atoms with Gasteiger partial charge in [-0.1, -0.05) is 24.3 Å². The molecule has 4 heteroatoms. The third-order valence-corrected chi connectivity index (χ3v) is 3.08. The molecule has 0 bridgehead atoms. The minimum Gasteiger partial charge on any atom is -0.318 e. The summed E-state index contributed by atoms with van der Waals surface area (Å²) in [6, 6.07) is 9.55. The van der Waals surface area contributed by atoms with E-state index in [0.717, 1.165) is 22.0 Å². The van der Waals surface area contributed by atoms with E-state index in [0.29, 0.717) is 5.82 Å². The smallest absolute Gasteiger partial charge is 0.149 e. The summed E-state index contributed by atoms with van der Waals surface area (Å²) in [5.74, 6) is 0.615. The molecule has 1 atom stereocenters. The highest BCUT2D eigenvalue weighted by Crippen LogP contribution is 2.23. The summed E-state index contributed by atoms with van der Waals surface area (Å²) in [5.41, 5.74) is 9.14. The summed E-state index contributed by atoms with van der Waals surface area (Å²) >= 11 is 0. The Morgan fingerprint density at radius 2 is 1.74 bits per heavy atom. The lowest BCUT2D eigenvalue weighted by Crippen LogP contribution is -2.16. The molecule has 2 heterocycles. The highest BCUT2D eigenvalue weighted by Gasteiger charge is 2.15. The van der Waals surface area contributed by atoms with Crippen molar-refractivity contribution in [3.05, 3.63) is 65.9 Å². The van der Waals surface area contributed by atoms with Crippen molar-refractivity contribution in [1.29, 1.82) is 0 Å². The molecule has 0 radical (unpaired) electrons. The quantitative estimate of drug-likeness (QED) is 0.758. The van der Waals surface area contributed by atoms with Gasteiger partial charge in [0.15, 0.2) is 0 Å². The number of hydrogen-bond acceptors (Lipinski definition) is 4. The van der Waals surface area contributed by atoms with Crippen molar-refractivity contribution in [3.8, 4) is 0 Å². The zero-order valence-electron chi connectivity index (χ0n) is 10.6. The van der Waals surface area contributed by atoms with Gasteiger partial charge in [-0.2, -0.15) is 0 Å². The molecule has 2 N–H and O–H groups in total. The predicted molar refractivity (Wildman–Crippen MR) is 74.5 cm³/mol. The van der Waals surface area contributed by atoms with Gasteiger partial charge in [0.05, 0.1) is 11.6 Å². The largest absolute Gasteiger partial charge is 0.318 e. The van der Waals surface area contributed by atoms with E-state index in [9.17, 15) is 0 Å². The average Bonchev–Trinajstić information content (AvgIpc) is 2.47. The van der Waals surface area contributed by atoms with E-state index in [1.54, 1.807) is 18.6 Å². The molecule has 4 nitrogen and oxygen atoms in total. The van der Waals surface area contributed by atoms with Crippen LogP contribution in [-0.2, 0) is 0 Å². The van der Waals surface area contributed by atoms with Crippen LogP contribution < -0.4 is 5.73 Å². The number of hydrogen-bond donors (Lipinski definition) is 1. The molecule has 2 aromatic heterocycles. The molecule has 0 aliphatic heterocycles. The number of benzene rings is 1. The standard InChI is InChI=1S/C15H14N4/c1-10-8-18-15(19-9-10)13(16)12-6-2-4-11-5-3-7-17-14(11)12/h2-9,13H,16H2,1H3. The van der Waals surface area contributed by atoms with Crippen LogP contribution >= 0.6 is 0 Å². The molecule has 0 amide bonds. The molecule has 19 heavy (non-hydrogen) atoms. The first-order valence-electron chi connectivity index (χ1n) is 6.13. The van der Waals surface area contributed by atoms with Gasteiger partial charge in [-0.15, -0.1) is 0 Å². The van der Waals surface area contributed by atoms with Crippen LogP contribution in [-0.4, -0.2) is 15.0 Å². The van der Waals surface area contributed by atoms with Crippen LogP contribution in [0.1, 0.15) is 23.0 Å². The highest BCUT2D eigenvalue weighted by molar-refractivity contribution is 5.82. The van der Waals surface area contributed by atoms with E-state index < -0.39 is 0 Å². The van der Waals surface area contributed by atoms with Crippen LogP contribution in [0, 0.1) is 6.92 Å². The first-order chi connectivity index (χ1) is 9.25. The minimum absolute atomic E-state index is 0.362. The summed E-state index contributed by atoms with van der Waals surface area (Å²) in [5, 5.41) is 1.07. The number of nitrogens with two attached hydrogens (primary N) is 1. The Bertz CT molecular complexity index is 701. The molecular formula is C15H14N4. The maximum Gasteiger partial charge on any atom is 0.149 e. The van der Waals surface area contributed by atoms with Crippen LogP contribution in [0.3, 0.4) is 0 Å². The maximum atomic E-state index is 6.27. The maximum absolute atomic E-state index is 6.27. The third-order valence-electron chi connectivity index (χ3n) is 3.08. The number of fused-ring (bicyclic) bond motifs is 1. The van der Waals surface area contributed by atoms with Crippen molar-refractivity contribution >= 4 is 10.9 Å². The van der Waals surface area contributed by atoms with Crippen molar-refractivity contribution in [1.82, 2.24) is 15.0 Å². The van der Waals surface area contributed by atoms with Crippen molar-refractivity contribution in [2.24, 2.45) is 5.73 Å². The van der Waals surface area contributed by atoms with Crippen molar-refractivity contribution in [3.63, 3.8) is 0 Å². The van der Waals surface area contributed by atoms with Gasteiger partial charge in [0.2, 0.25) is 0 Å². The predicted octanol–water partition coefficient (Wildman–Crippen LogP) is 2.38. The lowest BCUT2D eigenvalue weighted by atomic mass is 10.0. The summed E-state index contributed by atoms with van der Waals surface area (Å²) in [6.45, 7) is 1.95. The van der Waals surface area contributed by atoms with Gasteiger partial charge in [0.25, 0.3) is 0 Å². The molecule has 0 saturated heterocycles. The molecule has 0 aliphatic carbocycles. The Labute approximate surface area is 111 Å². The highest BCUT2D eigenvalue weighted by atomic mass is 14.9. The number of aryl methyl sites for hydroxylation is 1. The van der Waals surface area contributed by atoms with Crippen molar-refractivity contribution in [2.45, 2.75) is 13.0 Å². The summed E-state index contributed by atoms with van der Waals surface area (Å²) < 4.78 is 0. The van der Waals surface area contributed by atoms with Crippen molar-refractivity contribution < 1.29 is 0 Å². The van der Waals surface area contributed by atoms with Gasteiger partial charge >= 0.3 is 0 Å². The molecule has 1 aromatic carbocycles. The van der Waals surface area contributed by atoms with E-state index in [1.807, 2.05) is 37.3 Å². The SMILES string of the molecule is Cc1cnc(C(N)c2cccc3cccnc23)nc1. The fourth-order valence-corrected chi connectivity index (χ4v) is 2.08. The Balaban J connectivity index is 2.11. The molecule has 3 rings (SSSR count). The first kappa shape index (κ1) is 11.7. The fourth-order valence-electron chi connectivity index (χ4n) is 2.08. The molecule has 0 fully saturated rings. The lowest BCUT2D eigenvalue weighted by Gasteiger charge is -2.12. The number of rotatable bonds is 2. The second kappa shape index (κ2) is 4.74. The Hall–Kier alpha value is -2.33. The van der Waals surface area contributed by atoms with Crippen molar-refractivity contribution in [2.75, 3.05) is 0 Å².